The van der Waals surface area contributed by atoms with Crippen LogP contribution in [0.4, 0.5) is 0 Å². The predicted molar refractivity (Wildman–Crippen MR) is 164 cm³/mol. The Balaban J connectivity index is 1.20. The zero-order valence-corrected chi connectivity index (χ0v) is 25.8. The molecule has 9 nitrogen and oxygen atoms in total. The minimum Gasteiger partial charge on any atom is -0.330 e. The molecule has 2 amide bonds. The van der Waals surface area contributed by atoms with E-state index in [-0.39, 0.29) is 19.3 Å². The highest BCUT2D eigenvalue weighted by atomic mass is 32.1. The van der Waals surface area contributed by atoms with Gasteiger partial charge in [-0.1, -0.05) is 0 Å². The largest absolute Gasteiger partial charge is 0.333 e. The Hall–Kier alpha value is -4.22. The second kappa shape index (κ2) is 12.2. The van der Waals surface area contributed by atoms with Crippen LogP contribution < -0.4 is 4.57 Å². The molecule has 1 aliphatic rings. The molecule has 43 heavy (non-hydrogen) atoms. The van der Waals surface area contributed by atoms with Gasteiger partial charge in [-0.15, -0.1) is 27.7 Å². The van der Waals surface area contributed by atoms with Crippen LogP contribution in [-0.4, -0.2) is 33.2 Å². The van der Waals surface area contributed by atoms with Gasteiger partial charge in [-0.3, -0.25) is 9.59 Å². The Kier molecular flexibility index (Phi) is 8.18. The molecule has 1 aromatic carbocycles. The lowest BCUT2D eigenvalue weighted by atomic mass is 9.89. The molecule has 0 bridgehead atoms. The highest BCUT2D eigenvalue weighted by Gasteiger charge is 2.32. The van der Waals surface area contributed by atoms with Crippen LogP contribution in [0.25, 0.3) is 43.0 Å². The monoisotopic (exact) mass is 615 g/mol. The molecule has 11 heteroatoms. The van der Waals surface area contributed by atoms with Gasteiger partial charge in [0.2, 0.25) is 0 Å². The van der Waals surface area contributed by atoms with E-state index in [1.165, 1.54) is 10.4 Å². The second-order valence-electron chi connectivity index (χ2n) is 10.8. The van der Waals surface area contributed by atoms with Gasteiger partial charge in [0, 0.05) is 63.6 Å². The molecule has 220 valence electrons. The summed E-state index contributed by atoms with van der Waals surface area (Å²) in [5.74, 6) is -1.47. The average Bonchev–Trinajstić information content (AvgIpc) is 3.79. The lowest BCUT2D eigenvalue weighted by Crippen LogP contribution is -2.32. The van der Waals surface area contributed by atoms with Crippen molar-refractivity contribution in [3.63, 3.8) is 0 Å². The molecule has 1 fully saturated rings. The number of aryl methyl sites for hydroxylation is 3. The van der Waals surface area contributed by atoms with Gasteiger partial charge in [0.15, 0.2) is 12.4 Å². The minimum absolute atomic E-state index is 0.0955. The van der Waals surface area contributed by atoms with E-state index in [4.69, 9.17) is 9.47 Å². The van der Waals surface area contributed by atoms with Crippen molar-refractivity contribution >= 4 is 51.5 Å². The summed E-state index contributed by atoms with van der Waals surface area (Å²) in [6.45, 7) is 7.14. The number of fused-ring (bicyclic) bond motifs is 1. The first-order valence-electron chi connectivity index (χ1n) is 14.3. The van der Waals surface area contributed by atoms with Gasteiger partial charge in [-0.25, -0.2) is 14.0 Å². The zero-order valence-electron chi connectivity index (χ0n) is 24.2. The number of nitrogens with zero attached hydrogens (tertiary/aromatic N) is 4. The number of thiophene rings is 2. The third kappa shape index (κ3) is 5.87. The summed E-state index contributed by atoms with van der Waals surface area (Å²) < 4.78 is 7.47. The Morgan fingerprint density at radius 2 is 1.65 bits per heavy atom. The van der Waals surface area contributed by atoms with E-state index < -0.39 is 17.8 Å². The number of imide groups is 1. The molecule has 0 atom stereocenters. The van der Waals surface area contributed by atoms with Crippen LogP contribution in [0.2, 0.25) is 0 Å². The average molecular weight is 616 g/mol. The van der Waals surface area contributed by atoms with Crippen LogP contribution in [0.3, 0.4) is 0 Å². The highest BCUT2D eigenvalue weighted by Crippen LogP contribution is 2.47. The summed E-state index contributed by atoms with van der Waals surface area (Å²) in [5, 5.41) is 11.5. The van der Waals surface area contributed by atoms with Crippen molar-refractivity contribution in [1.29, 1.82) is 0 Å². The number of benzene rings is 1. The number of unbranched alkanes of at least 4 members (excludes halogenated alkanes) is 2. The normalized spacial score (nSPS) is 13.4. The van der Waals surface area contributed by atoms with E-state index in [1.807, 2.05) is 0 Å². The highest BCUT2D eigenvalue weighted by molar-refractivity contribution is 7.15. The van der Waals surface area contributed by atoms with Crippen molar-refractivity contribution < 1.29 is 28.4 Å². The van der Waals surface area contributed by atoms with Gasteiger partial charge in [-0.2, -0.15) is 0 Å². The van der Waals surface area contributed by atoms with Gasteiger partial charge >= 0.3 is 5.97 Å². The number of carbonyl (C=O) groups is 3. The van der Waals surface area contributed by atoms with Crippen molar-refractivity contribution in [1.82, 2.24) is 15.4 Å². The summed E-state index contributed by atoms with van der Waals surface area (Å²) in [7, 11) is 0. The zero-order chi connectivity index (χ0) is 30.1. The number of hydroxylamine groups is 2. The Morgan fingerprint density at radius 1 is 0.930 bits per heavy atom. The van der Waals surface area contributed by atoms with Crippen molar-refractivity contribution in [2.75, 3.05) is 0 Å². The van der Waals surface area contributed by atoms with Gasteiger partial charge < -0.3 is 4.84 Å². The first kappa shape index (κ1) is 28.9. The van der Waals surface area contributed by atoms with Gasteiger partial charge in [0.25, 0.3) is 11.8 Å². The van der Waals surface area contributed by atoms with Gasteiger partial charge in [0.1, 0.15) is 17.6 Å². The molecule has 0 N–H and O–H groups in total. The minimum atomic E-state index is -0.552. The van der Waals surface area contributed by atoms with Crippen molar-refractivity contribution in [2.45, 2.75) is 65.8 Å². The van der Waals surface area contributed by atoms with E-state index in [0.29, 0.717) is 11.5 Å². The number of hydrogen-bond donors (Lipinski definition) is 0. The molecule has 6 rings (SSSR count). The number of pyridine rings is 1. The van der Waals surface area contributed by atoms with Crippen LogP contribution >= 0.6 is 22.7 Å². The smallest absolute Gasteiger partial charge is 0.330 e. The van der Waals surface area contributed by atoms with Crippen LogP contribution in [-0.2, 0) is 25.8 Å². The number of amides is 2. The third-order valence-electron chi connectivity index (χ3n) is 7.60. The number of rotatable bonds is 10. The molecule has 0 radical (unpaired) electrons. The SMILES string of the molecule is Cc1csc(-c2c(-c3cc[n+](CCCCCC(=O)ON4C(=O)CCC4=O)cc3)c(C)c(-c3ccc(C)s3)c3nonc23)c1. The molecule has 0 spiro atoms. The molecule has 4 aromatic heterocycles. The third-order valence-corrected chi connectivity index (χ3v) is 9.69. The molecule has 0 unspecified atom stereocenters. The lowest BCUT2D eigenvalue weighted by Gasteiger charge is -2.16. The van der Waals surface area contributed by atoms with Crippen LogP contribution in [0.15, 0.2) is 52.7 Å². The molecule has 1 saturated heterocycles. The standard InChI is InChI=1S/C32H31N4O5S2/c1-19-17-24(42-18-19)30-28(21(3)29(23-9-8-20(2)43-23)31-32(30)34-41-33-31)22-12-15-35(16-13-22)14-6-4-5-7-27(39)40-36-25(37)10-11-26(36)38/h8-9,12-13,15-18H,4-7,10-11,14H2,1-3H3/q+1. The molecular formula is C32H31N4O5S2+. The van der Waals surface area contributed by atoms with E-state index in [1.54, 1.807) is 22.7 Å². The fraction of sp³-hybridized carbons (Fsp3) is 0.312. The predicted octanol–water partition coefficient (Wildman–Crippen LogP) is 6.73. The quantitative estimate of drug-likeness (QED) is 0.0975. The van der Waals surface area contributed by atoms with Crippen LogP contribution in [0.1, 0.15) is 54.5 Å². The van der Waals surface area contributed by atoms with E-state index in [9.17, 15) is 14.4 Å². The summed E-state index contributed by atoms with van der Waals surface area (Å²) in [4.78, 5) is 43.7. The number of carbonyl (C=O) groups excluding carboxylic acids is 3. The summed E-state index contributed by atoms with van der Waals surface area (Å²) >= 11 is 3.43. The van der Waals surface area contributed by atoms with E-state index in [2.05, 4.69) is 83.8 Å². The van der Waals surface area contributed by atoms with Gasteiger partial charge in [0.05, 0.1) is 0 Å². The van der Waals surface area contributed by atoms with Crippen molar-refractivity contribution in [3.8, 4) is 32.0 Å². The Morgan fingerprint density at radius 3 is 2.30 bits per heavy atom. The molecule has 5 aromatic rings. The maximum Gasteiger partial charge on any atom is 0.333 e. The maximum absolute atomic E-state index is 12.0. The molecule has 0 saturated carbocycles. The molecule has 1 aliphatic heterocycles. The van der Waals surface area contributed by atoms with Crippen LogP contribution in [0, 0.1) is 20.8 Å². The molecular weight excluding hydrogens is 585 g/mol. The fourth-order valence-electron chi connectivity index (χ4n) is 5.48. The first-order chi connectivity index (χ1) is 20.8. The molecule has 5 heterocycles. The van der Waals surface area contributed by atoms with Crippen LogP contribution in [0.5, 0.6) is 0 Å². The Labute approximate surface area is 256 Å². The number of aromatic nitrogens is 3. The van der Waals surface area contributed by atoms with E-state index >= 15 is 0 Å². The topological polar surface area (TPSA) is 106 Å². The fourth-order valence-corrected chi connectivity index (χ4v) is 7.40. The lowest BCUT2D eigenvalue weighted by molar-refractivity contribution is -0.697. The first-order valence-corrected chi connectivity index (χ1v) is 16.0. The van der Waals surface area contributed by atoms with Gasteiger partial charge in [-0.05, 0) is 89.8 Å². The summed E-state index contributed by atoms with van der Waals surface area (Å²) in [6.07, 6.45) is 6.82. The summed E-state index contributed by atoms with van der Waals surface area (Å²) in [6, 6.07) is 10.7. The maximum atomic E-state index is 12.0. The second-order valence-corrected chi connectivity index (χ2v) is 13.0. The van der Waals surface area contributed by atoms with Crippen molar-refractivity contribution in [3.05, 3.63) is 64.1 Å². The number of hydrogen-bond acceptors (Lipinski definition) is 9. The summed E-state index contributed by atoms with van der Waals surface area (Å²) in [5.41, 5.74) is 8.15. The van der Waals surface area contributed by atoms with Crippen molar-refractivity contribution in [2.24, 2.45) is 0 Å². The molecule has 0 aliphatic carbocycles. The van der Waals surface area contributed by atoms with E-state index in [0.717, 1.165) is 68.0 Å². The Bertz CT molecular complexity index is 1820.